The number of benzene rings is 1. The van der Waals surface area contributed by atoms with Gasteiger partial charge in [0.25, 0.3) is 0 Å². The highest BCUT2D eigenvalue weighted by Gasteiger charge is 2.28. The zero-order valence-corrected chi connectivity index (χ0v) is 21.0. The average molecular weight is 476 g/mol. The Kier molecular flexibility index (Phi) is 10.0. The third kappa shape index (κ3) is 8.80. The summed E-state index contributed by atoms with van der Waals surface area (Å²) in [5.41, 5.74) is 0.418. The highest BCUT2D eigenvalue weighted by molar-refractivity contribution is 5.79. The largest absolute Gasteiger partial charge is 0.491 e. The van der Waals surface area contributed by atoms with Gasteiger partial charge in [0.15, 0.2) is 0 Å². The van der Waals surface area contributed by atoms with Crippen LogP contribution in [0.2, 0.25) is 0 Å². The molecular weight excluding hydrogens is 434 g/mol. The molecule has 0 atom stereocenters. The van der Waals surface area contributed by atoms with E-state index in [0.29, 0.717) is 58.3 Å². The second-order valence-electron chi connectivity index (χ2n) is 10.1. The Bertz CT molecular complexity index is 787. The minimum atomic E-state index is -0.489. The van der Waals surface area contributed by atoms with Crippen LogP contribution in [-0.4, -0.2) is 86.5 Å². The van der Waals surface area contributed by atoms with Gasteiger partial charge in [0, 0.05) is 38.3 Å². The average Bonchev–Trinajstić information content (AvgIpc) is 2.79. The summed E-state index contributed by atoms with van der Waals surface area (Å²) in [5, 5.41) is 3.39. The SMILES string of the molecule is CC(C)(C)OC(=O)N1CCC(CN2CCCNCCOCCOc3ccccc3CC2=O)CC1. The minimum Gasteiger partial charge on any atom is -0.491 e. The van der Waals surface area contributed by atoms with Crippen molar-refractivity contribution in [3.8, 4) is 5.75 Å². The minimum absolute atomic E-state index is 0.122. The van der Waals surface area contributed by atoms with E-state index in [1.165, 1.54) is 0 Å². The second-order valence-corrected chi connectivity index (χ2v) is 10.1. The number of para-hydroxylation sites is 1. The van der Waals surface area contributed by atoms with Crippen LogP contribution in [0, 0.1) is 5.92 Å². The molecule has 34 heavy (non-hydrogen) atoms. The smallest absolute Gasteiger partial charge is 0.410 e. The molecule has 1 fully saturated rings. The van der Waals surface area contributed by atoms with Crippen molar-refractivity contribution in [3.63, 3.8) is 0 Å². The van der Waals surface area contributed by atoms with Gasteiger partial charge in [-0.15, -0.1) is 0 Å². The standard InChI is InChI=1S/C26H41N3O5/c1-26(2,3)34-25(31)28-14-9-21(10-15-28)20-29-13-6-11-27-12-16-32-17-18-33-23-8-5-4-7-22(23)19-24(29)30/h4-5,7-8,21,27H,6,9-20H2,1-3H3. The zero-order valence-electron chi connectivity index (χ0n) is 21.0. The number of hydrogen-bond donors (Lipinski definition) is 1. The number of hydrogen-bond acceptors (Lipinski definition) is 6. The number of nitrogens with one attached hydrogen (secondary N) is 1. The van der Waals surface area contributed by atoms with Gasteiger partial charge in [0.1, 0.15) is 18.0 Å². The Morgan fingerprint density at radius 1 is 1.09 bits per heavy atom. The maximum atomic E-state index is 13.4. The maximum absolute atomic E-state index is 13.4. The van der Waals surface area contributed by atoms with Crippen LogP contribution < -0.4 is 10.1 Å². The van der Waals surface area contributed by atoms with E-state index in [2.05, 4.69) is 5.32 Å². The van der Waals surface area contributed by atoms with Crippen LogP contribution in [-0.2, 0) is 20.7 Å². The fraction of sp³-hybridized carbons (Fsp3) is 0.692. The van der Waals surface area contributed by atoms with Crippen LogP contribution in [0.5, 0.6) is 5.75 Å². The lowest BCUT2D eigenvalue weighted by molar-refractivity contribution is -0.131. The molecule has 8 heteroatoms. The van der Waals surface area contributed by atoms with E-state index < -0.39 is 5.60 Å². The van der Waals surface area contributed by atoms with Crippen LogP contribution >= 0.6 is 0 Å². The third-order valence-electron chi connectivity index (χ3n) is 6.10. The maximum Gasteiger partial charge on any atom is 0.410 e. The van der Waals surface area contributed by atoms with Crippen molar-refractivity contribution in [1.82, 2.24) is 15.1 Å². The van der Waals surface area contributed by atoms with E-state index >= 15 is 0 Å². The molecule has 0 spiro atoms. The molecule has 2 amide bonds. The lowest BCUT2D eigenvalue weighted by atomic mass is 9.96. The van der Waals surface area contributed by atoms with Crippen LogP contribution in [0.15, 0.2) is 24.3 Å². The molecule has 2 heterocycles. The van der Waals surface area contributed by atoms with Gasteiger partial charge in [-0.3, -0.25) is 4.79 Å². The summed E-state index contributed by atoms with van der Waals surface area (Å²) >= 11 is 0. The van der Waals surface area contributed by atoms with Crippen LogP contribution in [0.25, 0.3) is 0 Å². The molecule has 1 aromatic carbocycles. The molecule has 190 valence electrons. The summed E-state index contributed by atoms with van der Waals surface area (Å²) in [6.07, 6.45) is 2.71. The number of piperidine rings is 1. The number of rotatable bonds is 2. The van der Waals surface area contributed by atoms with E-state index in [9.17, 15) is 9.59 Å². The first-order chi connectivity index (χ1) is 16.3. The number of likely N-dealkylation sites (tertiary alicyclic amines) is 1. The van der Waals surface area contributed by atoms with E-state index in [4.69, 9.17) is 14.2 Å². The molecule has 0 aliphatic carbocycles. The number of carbonyl (C=O) groups excluding carboxylic acids is 2. The molecule has 2 aliphatic heterocycles. The summed E-state index contributed by atoms with van der Waals surface area (Å²) in [6.45, 7) is 11.7. The Morgan fingerprint density at radius 2 is 1.85 bits per heavy atom. The number of amides is 2. The molecule has 0 radical (unpaired) electrons. The zero-order chi connectivity index (χ0) is 24.4. The number of ether oxygens (including phenoxy) is 3. The summed E-state index contributed by atoms with van der Waals surface area (Å²) < 4.78 is 17.0. The van der Waals surface area contributed by atoms with Gasteiger partial charge in [0.2, 0.25) is 5.91 Å². The van der Waals surface area contributed by atoms with Gasteiger partial charge in [-0.2, -0.15) is 0 Å². The van der Waals surface area contributed by atoms with Crippen molar-refractivity contribution >= 4 is 12.0 Å². The van der Waals surface area contributed by atoms with Crippen molar-refractivity contribution in [2.45, 2.75) is 52.1 Å². The lowest BCUT2D eigenvalue weighted by Crippen LogP contribution is -2.45. The second kappa shape index (κ2) is 13.0. The van der Waals surface area contributed by atoms with Crippen molar-refractivity contribution in [2.75, 3.05) is 59.1 Å². The Balaban J connectivity index is 1.60. The molecule has 8 nitrogen and oxygen atoms in total. The van der Waals surface area contributed by atoms with Crippen molar-refractivity contribution < 1.29 is 23.8 Å². The molecule has 1 saturated heterocycles. The fourth-order valence-electron chi connectivity index (χ4n) is 4.30. The highest BCUT2D eigenvalue weighted by atomic mass is 16.6. The van der Waals surface area contributed by atoms with Crippen molar-refractivity contribution in [1.29, 1.82) is 0 Å². The van der Waals surface area contributed by atoms with Crippen LogP contribution in [0.4, 0.5) is 4.79 Å². The summed E-state index contributed by atoms with van der Waals surface area (Å²) in [5.74, 6) is 1.24. The Morgan fingerprint density at radius 3 is 2.62 bits per heavy atom. The first-order valence-electron chi connectivity index (χ1n) is 12.6. The molecular formula is C26H41N3O5. The quantitative estimate of drug-likeness (QED) is 0.708. The van der Waals surface area contributed by atoms with E-state index in [-0.39, 0.29) is 12.0 Å². The van der Waals surface area contributed by atoms with E-state index in [1.54, 1.807) is 4.90 Å². The first-order valence-corrected chi connectivity index (χ1v) is 12.6. The fourth-order valence-corrected chi connectivity index (χ4v) is 4.30. The normalized spacial score (nSPS) is 20.0. The first kappa shape index (κ1) is 26.3. The van der Waals surface area contributed by atoms with Crippen LogP contribution in [0.1, 0.15) is 45.6 Å². The van der Waals surface area contributed by atoms with Crippen LogP contribution in [0.3, 0.4) is 0 Å². The molecule has 1 aromatic rings. The predicted octanol–water partition coefficient (Wildman–Crippen LogP) is 3.09. The summed E-state index contributed by atoms with van der Waals surface area (Å²) in [7, 11) is 0. The summed E-state index contributed by atoms with van der Waals surface area (Å²) in [4.78, 5) is 29.5. The molecule has 0 bridgehead atoms. The van der Waals surface area contributed by atoms with Crippen molar-refractivity contribution in [2.24, 2.45) is 5.92 Å². The molecule has 0 aromatic heterocycles. The van der Waals surface area contributed by atoms with Gasteiger partial charge in [-0.1, -0.05) is 18.2 Å². The van der Waals surface area contributed by atoms with Gasteiger partial charge in [-0.25, -0.2) is 4.79 Å². The van der Waals surface area contributed by atoms with Gasteiger partial charge >= 0.3 is 6.09 Å². The van der Waals surface area contributed by atoms with Crippen molar-refractivity contribution in [3.05, 3.63) is 29.8 Å². The van der Waals surface area contributed by atoms with Gasteiger partial charge < -0.3 is 29.3 Å². The predicted molar refractivity (Wildman–Crippen MR) is 131 cm³/mol. The number of carbonyl (C=O) groups is 2. The van der Waals surface area contributed by atoms with Gasteiger partial charge in [-0.05, 0) is 58.6 Å². The molecule has 2 aliphatic rings. The number of fused-ring (bicyclic) bond motifs is 1. The third-order valence-corrected chi connectivity index (χ3v) is 6.10. The lowest BCUT2D eigenvalue weighted by Gasteiger charge is -2.35. The molecule has 0 unspecified atom stereocenters. The molecule has 1 N–H and O–H groups in total. The van der Waals surface area contributed by atoms with Gasteiger partial charge in [0.05, 0.1) is 19.6 Å². The Labute approximate surface area is 203 Å². The highest BCUT2D eigenvalue weighted by Crippen LogP contribution is 2.23. The monoisotopic (exact) mass is 475 g/mol. The Hall–Kier alpha value is -2.32. The van der Waals surface area contributed by atoms with E-state index in [0.717, 1.165) is 43.7 Å². The molecule has 0 saturated carbocycles. The topological polar surface area (TPSA) is 80.3 Å². The summed E-state index contributed by atoms with van der Waals surface area (Å²) in [6, 6.07) is 7.75. The molecule has 3 rings (SSSR count). The number of nitrogens with zero attached hydrogens (tertiary/aromatic N) is 2. The van der Waals surface area contributed by atoms with E-state index in [1.807, 2.05) is 49.9 Å².